The Kier molecular flexibility index (Phi) is 4.51. The van der Waals surface area contributed by atoms with Crippen molar-refractivity contribution in [1.82, 2.24) is 9.80 Å². The fraction of sp³-hybridized carbons (Fsp3) is 0.933. The molecule has 2 aliphatic heterocycles. The molecule has 1 unspecified atom stereocenters. The minimum atomic E-state index is -0.0692. The molecule has 2 aliphatic rings. The van der Waals surface area contributed by atoms with Gasteiger partial charge in [-0.05, 0) is 65.6 Å². The molecular formula is C15H29N3O. The lowest BCUT2D eigenvalue weighted by molar-refractivity contribution is -0.140. The molecule has 1 amide bonds. The van der Waals surface area contributed by atoms with Crippen molar-refractivity contribution in [2.24, 2.45) is 11.7 Å². The van der Waals surface area contributed by atoms with E-state index in [1.54, 1.807) is 0 Å². The van der Waals surface area contributed by atoms with Crippen molar-refractivity contribution in [3.63, 3.8) is 0 Å². The van der Waals surface area contributed by atoms with Crippen LogP contribution in [0.4, 0.5) is 0 Å². The number of nitrogens with zero attached hydrogens (tertiary/aromatic N) is 2. The number of likely N-dealkylation sites (tertiary alicyclic amines) is 2. The third-order valence-corrected chi connectivity index (χ3v) is 4.82. The van der Waals surface area contributed by atoms with Crippen LogP contribution in [0.5, 0.6) is 0 Å². The van der Waals surface area contributed by atoms with Gasteiger partial charge in [-0.1, -0.05) is 0 Å². The molecule has 0 radical (unpaired) electrons. The minimum absolute atomic E-state index is 0.0692. The maximum Gasteiger partial charge on any atom is 0.223 e. The summed E-state index contributed by atoms with van der Waals surface area (Å²) in [6.07, 6.45) is 4.92. The third kappa shape index (κ3) is 3.69. The van der Waals surface area contributed by atoms with Crippen molar-refractivity contribution >= 4 is 5.91 Å². The van der Waals surface area contributed by atoms with Crippen molar-refractivity contribution in [2.75, 3.05) is 26.7 Å². The number of carbonyl (C=O) groups excluding carboxylic acids is 1. The van der Waals surface area contributed by atoms with Crippen molar-refractivity contribution < 1.29 is 4.79 Å². The summed E-state index contributed by atoms with van der Waals surface area (Å²) in [6.45, 7) is 7.40. The molecule has 4 heteroatoms. The van der Waals surface area contributed by atoms with Gasteiger partial charge < -0.3 is 15.5 Å². The number of rotatable bonds is 2. The van der Waals surface area contributed by atoms with Gasteiger partial charge >= 0.3 is 0 Å². The first-order chi connectivity index (χ1) is 8.88. The van der Waals surface area contributed by atoms with E-state index >= 15 is 0 Å². The van der Waals surface area contributed by atoms with Gasteiger partial charge in [0.2, 0.25) is 5.91 Å². The average molecular weight is 267 g/mol. The maximum atomic E-state index is 12.5. The summed E-state index contributed by atoms with van der Waals surface area (Å²) in [5.74, 6) is 0.918. The molecule has 0 bridgehead atoms. The molecule has 0 aromatic heterocycles. The molecule has 2 N–H and O–H groups in total. The molecule has 0 spiro atoms. The predicted molar refractivity (Wildman–Crippen MR) is 77.8 cm³/mol. The Hall–Kier alpha value is -0.610. The fourth-order valence-electron chi connectivity index (χ4n) is 3.54. The first-order valence-corrected chi connectivity index (χ1v) is 7.63. The topological polar surface area (TPSA) is 49.6 Å². The molecule has 19 heavy (non-hydrogen) atoms. The molecular weight excluding hydrogens is 238 g/mol. The molecule has 1 atom stereocenters. The highest BCUT2D eigenvalue weighted by Crippen LogP contribution is 2.29. The molecule has 0 aromatic rings. The smallest absolute Gasteiger partial charge is 0.223 e. The van der Waals surface area contributed by atoms with Gasteiger partial charge in [-0.2, -0.15) is 0 Å². The van der Waals surface area contributed by atoms with Gasteiger partial charge in [-0.25, -0.2) is 0 Å². The van der Waals surface area contributed by atoms with E-state index in [0.717, 1.165) is 51.7 Å². The summed E-state index contributed by atoms with van der Waals surface area (Å²) in [6, 6.07) is 0.252. The molecule has 0 saturated carbocycles. The van der Waals surface area contributed by atoms with Crippen LogP contribution >= 0.6 is 0 Å². The zero-order valence-electron chi connectivity index (χ0n) is 12.7. The van der Waals surface area contributed by atoms with Gasteiger partial charge in [-0.3, -0.25) is 4.79 Å². The van der Waals surface area contributed by atoms with Gasteiger partial charge in [0.1, 0.15) is 0 Å². The Morgan fingerprint density at radius 3 is 2.42 bits per heavy atom. The van der Waals surface area contributed by atoms with E-state index in [9.17, 15) is 4.79 Å². The molecule has 2 saturated heterocycles. The molecule has 4 nitrogen and oxygen atoms in total. The molecule has 0 aromatic carbocycles. The van der Waals surface area contributed by atoms with Gasteiger partial charge in [0, 0.05) is 24.5 Å². The summed E-state index contributed by atoms with van der Waals surface area (Å²) in [4.78, 5) is 17.0. The van der Waals surface area contributed by atoms with E-state index in [2.05, 4.69) is 30.7 Å². The first-order valence-electron chi connectivity index (χ1n) is 7.63. The first kappa shape index (κ1) is 14.8. The predicted octanol–water partition coefficient (Wildman–Crippen LogP) is 1.45. The Labute approximate surface area is 117 Å². The van der Waals surface area contributed by atoms with Crippen LogP contribution in [0.15, 0.2) is 0 Å². The van der Waals surface area contributed by atoms with Crippen LogP contribution in [0, 0.1) is 5.92 Å². The average Bonchev–Trinajstić information content (AvgIpc) is 2.30. The summed E-state index contributed by atoms with van der Waals surface area (Å²) in [7, 11) is 2.16. The molecule has 0 aliphatic carbocycles. The lowest BCUT2D eigenvalue weighted by Gasteiger charge is -2.45. The van der Waals surface area contributed by atoms with Gasteiger partial charge in [-0.15, -0.1) is 0 Å². The second-order valence-electron chi connectivity index (χ2n) is 7.06. The standard InChI is InChI=1S/C15H29N3O/c1-15(2)11-13(16)6-9-18(15)14(19)10-12-4-7-17(3)8-5-12/h12-13H,4-11,16H2,1-3H3. The van der Waals surface area contributed by atoms with Crippen molar-refractivity contribution in [3.8, 4) is 0 Å². The third-order valence-electron chi connectivity index (χ3n) is 4.82. The number of carbonyl (C=O) groups is 1. The normalized spacial score (nSPS) is 29.5. The van der Waals surface area contributed by atoms with E-state index in [0.29, 0.717) is 11.8 Å². The fourth-order valence-corrected chi connectivity index (χ4v) is 3.54. The highest BCUT2D eigenvalue weighted by Gasteiger charge is 2.36. The monoisotopic (exact) mass is 267 g/mol. The number of piperidine rings is 2. The number of nitrogens with two attached hydrogens (primary N) is 1. The lowest BCUT2D eigenvalue weighted by atomic mass is 9.85. The Balaban J connectivity index is 1.89. The summed E-state index contributed by atoms with van der Waals surface area (Å²) in [5.41, 5.74) is 5.96. The van der Waals surface area contributed by atoms with Gasteiger partial charge in [0.15, 0.2) is 0 Å². The van der Waals surface area contributed by atoms with Crippen molar-refractivity contribution in [3.05, 3.63) is 0 Å². The lowest BCUT2D eigenvalue weighted by Crippen LogP contribution is -2.56. The van der Waals surface area contributed by atoms with Crippen LogP contribution in [-0.4, -0.2) is 54.0 Å². The molecule has 2 fully saturated rings. The van der Waals surface area contributed by atoms with Gasteiger partial charge in [0.25, 0.3) is 0 Å². The summed E-state index contributed by atoms with van der Waals surface area (Å²) >= 11 is 0. The SMILES string of the molecule is CN1CCC(CC(=O)N2CCC(N)CC2(C)C)CC1. The van der Waals surface area contributed by atoms with E-state index in [-0.39, 0.29) is 11.6 Å². The molecule has 110 valence electrons. The minimum Gasteiger partial charge on any atom is -0.337 e. The largest absolute Gasteiger partial charge is 0.337 e. The Morgan fingerprint density at radius 1 is 1.21 bits per heavy atom. The number of hydrogen-bond acceptors (Lipinski definition) is 3. The highest BCUT2D eigenvalue weighted by molar-refractivity contribution is 5.77. The van der Waals surface area contributed by atoms with E-state index < -0.39 is 0 Å². The van der Waals surface area contributed by atoms with Gasteiger partial charge in [0.05, 0.1) is 0 Å². The van der Waals surface area contributed by atoms with Crippen LogP contribution in [0.25, 0.3) is 0 Å². The van der Waals surface area contributed by atoms with Crippen LogP contribution in [0.1, 0.15) is 46.0 Å². The molecule has 2 heterocycles. The van der Waals surface area contributed by atoms with E-state index in [1.807, 2.05) is 0 Å². The summed E-state index contributed by atoms with van der Waals surface area (Å²) in [5, 5.41) is 0. The Morgan fingerprint density at radius 2 is 1.84 bits per heavy atom. The van der Waals surface area contributed by atoms with Crippen molar-refractivity contribution in [2.45, 2.75) is 57.5 Å². The second kappa shape index (κ2) is 5.80. The number of amides is 1. The zero-order valence-corrected chi connectivity index (χ0v) is 12.7. The van der Waals surface area contributed by atoms with E-state index in [1.165, 1.54) is 0 Å². The van der Waals surface area contributed by atoms with Crippen LogP contribution in [-0.2, 0) is 4.79 Å². The van der Waals surface area contributed by atoms with Crippen LogP contribution in [0.3, 0.4) is 0 Å². The zero-order chi connectivity index (χ0) is 14.0. The van der Waals surface area contributed by atoms with Crippen LogP contribution in [0.2, 0.25) is 0 Å². The quantitative estimate of drug-likeness (QED) is 0.824. The summed E-state index contributed by atoms with van der Waals surface area (Å²) < 4.78 is 0. The van der Waals surface area contributed by atoms with Crippen LogP contribution < -0.4 is 5.73 Å². The maximum absolute atomic E-state index is 12.5. The van der Waals surface area contributed by atoms with Crippen molar-refractivity contribution in [1.29, 1.82) is 0 Å². The Bertz CT molecular complexity index is 321. The molecule has 2 rings (SSSR count). The van der Waals surface area contributed by atoms with E-state index in [4.69, 9.17) is 5.73 Å². The second-order valence-corrected chi connectivity index (χ2v) is 7.06. The highest BCUT2D eigenvalue weighted by atomic mass is 16.2. The number of hydrogen-bond donors (Lipinski definition) is 1.